The van der Waals surface area contributed by atoms with Gasteiger partial charge >= 0.3 is 0 Å². The van der Waals surface area contributed by atoms with Gasteiger partial charge in [0.15, 0.2) is 0 Å². The summed E-state index contributed by atoms with van der Waals surface area (Å²) in [6.45, 7) is 0. The van der Waals surface area contributed by atoms with Gasteiger partial charge in [0.2, 0.25) is 0 Å². The van der Waals surface area contributed by atoms with E-state index in [0.29, 0.717) is 21.9 Å². The second kappa shape index (κ2) is 14.4. The molecule has 0 spiro atoms. The Morgan fingerprint density at radius 2 is 0.705 bits per heavy atom. The maximum absolute atomic E-state index is 9.33. The third kappa shape index (κ3) is 5.93. The van der Waals surface area contributed by atoms with Gasteiger partial charge in [0.05, 0.1) is 2.74 Å². The van der Waals surface area contributed by atoms with E-state index in [1.54, 1.807) is 0 Å². The molecule has 0 unspecified atom stereocenters. The second-order valence-electron chi connectivity index (χ2n) is 15.8. The molecule has 0 amide bonds. The van der Waals surface area contributed by atoms with E-state index in [4.69, 9.17) is 5.79 Å². The molecule has 284 valence electrons. The average molecular weight is 777 g/mol. The molecule has 1 heterocycles. The van der Waals surface area contributed by atoms with Crippen LogP contribution in [0.3, 0.4) is 0 Å². The molecule has 11 aromatic carbocycles. The molecule has 61 heavy (non-hydrogen) atoms. The van der Waals surface area contributed by atoms with Gasteiger partial charge in [-0.2, -0.15) is 0 Å². The van der Waals surface area contributed by atoms with Crippen molar-refractivity contribution in [3.63, 3.8) is 0 Å². The van der Waals surface area contributed by atoms with E-state index < -0.39 is 0 Å². The van der Waals surface area contributed by atoms with Gasteiger partial charge in [-0.05, 0) is 118 Å². The maximum atomic E-state index is 9.33. The van der Waals surface area contributed by atoms with E-state index in [1.165, 1.54) is 49.4 Å². The third-order valence-corrected chi connectivity index (χ3v) is 12.3. The molecule has 0 N–H and O–H groups in total. The summed E-state index contributed by atoms with van der Waals surface area (Å²) in [5.74, 6) is 0. The first kappa shape index (κ1) is 32.9. The van der Waals surface area contributed by atoms with Gasteiger partial charge in [-0.25, -0.2) is 0 Å². The quantitative estimate of drug-likeness (QED) is 0.153. The Morgan fingerprint density at radius 1 is 0.262 bits per heavy atom. The van der Waals surface area contributed by atoms with Crippen molar-refractivity contribution >= 4 is 54.3 Å². The van der Waals surface area contributed by atoms with Crippen LogP contribution >= 0.6 is 0 Å². The SMILES string of the molecule is [2H]c1c([2H])c2c3cc(-c4cccc(-c5c6ccccc6c(-c6cccc(-c7ccccc7)c6)c6ccccc56)c4)cc(-c4ccc(-c5ccccc5)cc4)c3oc2c2ccccc12. The van der Waals surface area contributed by atoms with E-state index in [-0.39, 0.29) is 12.1 Å². The predicted octanol–water partition coefficient (Wildman–Crippen LogP) is 17.0. The zero-order valence-corrected chi connectivity index (χ0v) is 33.2. The normalized spacial score (nSPS) is 12.1. The van der Waals surface area contributed by atoms with Crippen molar-refractivity contribution in [2.24, 2.45) is 0 Å². The molecule has 1 aromatic heterocycles. The fourth-order valence-electron chi connectivity index (χ4n) is 9.38. The Kier molecular flexibility index (Phi) is 7.75. The zero-order valence-electron chi connectivity index (χ0n) is 35.2. The van der Waals surface area contributed by atoms with Crippen molar-refractivity contribution in [1.29, 1.82) is 0 Å². The number of rotatable bonds is 6. The molecule has 1 heteroatoms. The van der Waals surface area contributed by atoms with Gasteiger partial charge in [0.1, 0.15) is 11.2 Å². The lowest BCUT2D eigenvalue weighted by molar-refractivity contribution is 0.674. The van der Waals surface area contributed by atoms with E-state index in [1.807, 2.05) is 30.3 Å². The Bertz CT molecular complexity index is 3680. The monoisotopic (exact) mass is 776 g/mol. The highest BCUT2D eigenvalue weighted by Crippen LogP contribution is 2.46. The lowest BCUT2D eigenvalue weighted by Crippen LogP contribution is -1.91. The Labute approximate surface area is 357 Å². The molecule has 0 fully saturated rings. The van der Waals surface area contributed by atoms with E-state index in [0.717, 1.165) is 49.7 Å². The van der Waals surface area contributed by atoms with Gasteiger partial charge in [-0.15, -0.1) is 0 Å². The summed E-state index contributed by atoms with van der Waals surface area (Å²) in [4.78, 5) is 0. The molecule has 0 bridgehead atoms. The first-order valence-electron chi connectivity index (χ1n) is 21.8. The van der Waals surface area contributed by atoms with E-state index in [9.17, 15) is 1.37 Å². The van der Waals surface area contributed by atoms with Crippen LogP contribution in [0.25, 0.3) is 121 Å². The van der Waals surface area contributed by atoms with Crippen LogP contribution in [0.5, 0.6) is 0 Å². The lowest BCUT2D eigenvalue weighted by atomic mass is 9.85. The van der Waals surface area contributed by atoms with Crippen LogP contribution in [0.4, 0.5) is 0 Å². The van der Waals surface area contributed by atoms with Crippen LogP contribution in [-0.2, 0) is 0 Å². The van der Waals surface area contributed by atoms with Crippen LogP contribution in [0, 0.1) is 0 Å². The molecule has 0 aliphatic carbocycles. The van der Waals surface area contributed by atoms with Gasteiger partial charge in [0, 0.05) is 21.7 Å². The molecular formula is C60H38O. The Balaban J connectivity index is 1.08. The van der Waals surface area contributed by atoms with Crippen LogP contribution in [0.15, 0.2) is 235 Å². The van der Waals surface area contributed by atoms with Crippen molar-refractivity contribution in [2.75, 3.05) is 0 Å². The zero-order chi connectivity index (χ0) is 42.0. The van der Waals surface area contributed by atoms with Crippen LogP contribution < -0.4 is 0 Å². The van der Waals surface area contributed by atoms with E-state index in [2.05, 4.69) is 188 Å². The smallest absolute Gasteiger partial charge is 0.143 e. The van der Waals surface area contributed by atoms with Crippen molar-refractivity contribution in [3.8, 4) is 66.8 Å². The van der Waals surface area contributed by atoms with Gasteiger partial charge in [-0.3, -0.25) is 0 Å². The number of fused-ring (bicyclic) bond motifs is 7. The highest BCUT2D eigenvalue weighted by atomic mass is 16.3. The summed E-state index contributed by atoms with van der Waals surface area (Å²) in [5, 5.41) is 7.84. The molecule has 0 saturated heterocycles. The van der Waals surface area contributed by atoms with Crippen LogP contribution in [0.2, 0.25) is 0 Å². The van der Waals surface area contributed by atoms with Gasteiger partial charge < -0.3 is 4.42 Å². The fraction of sp³-hybridized carbons (Fsp3) is 0. The van der Waals surface area contributed by atoms with E-state index >= 15 is 0 Å². The average Bonchev–Trinajstić information content (AvgIpc) is 3.75. The largest absolute Gasteiger partial charge is 0.455 e. The summed E-state index contributed by atoms with van der Waals surface area (Å²) >= 11 is 0. The van der Waals surface area contributed by atoms with Crippen LogP contribution in [-0.4, -0.2) is 0 Å². The highest BCUT2D eigenvalue weighted by Gasteiger charge is 2.20. The molecule has 0 saturated carbocycles. The van der Waals surface area contributed by atoms with Gasteiger partial charge in [0.25, 0.3) is 0 Å². The summed E-state index contributed by atoms with van der Waals surface area (Å²) in [7, 11) is 0. The number of hydrogen-bond donors (Lipinski definition) is 0. The minimum absolute atomic E-state index is 0.172. The number of benzene rings is 11. The molecular weight excluding hydrogens is 737 g/mol. The summed E-state index contributed by atoms with van der Waals surface area (Å²) in [5.41, 5.74) is 14.8. The lowest BCUT2D eigenvalue weighted by Gasteiger charge is -2.18. The molecule has 12 rings (SSSR count). The first-order chi connectivity index (χ1) is 31.1. The Hall–Kier alpha value is -8.00. The van der Waals surface area contributed by atoms with Crippen molar-refractivity contribution in [1.82, 2.24) is 0 Å². The molecule has 0 aliphatic heterocycles. The molecule has 1 nitrogen and oxygen atoms in total. The minimum atomic E-state index is 0.172. The number of furan rings is 1. The maximum Gasteiger partial charge on any atom is 0.143 e. The fourth-order valence-corrected chi connectivity index (χ4v) is 9.38. The van der Waals surface area contributed by atoms with Gasteiger partial charge in [-0.1, -0.05) is 200 Å². The summed E-state index contributed by atoms with van der Waals surface area (Å²) < 4.78 is 25.3. The molecule has 0 radical (unpaired) electrons. The van der Waals surface area contributed by atoms with Crippen molar-refractivity contribution in [3.05, 3.63) is 230 Å². The highest BCUT2D eigenvalue weighted by molar-refractivity contribution is 6.22. The predicted molar refractivity (Wildman–Crippen MR) is 259 cm³/mol. The number of hydrogen-bond acceptors (Lipinski definition) is 1. The molecule has 0 aliphatic rings. The first-order valence-corrected chi connectivity index (χ1v) is 20.8. The Morgan fingerprint density at radius 3 is 1.30 bits per heavy atom. The standard InChI is InChI=1S/C60H38O/c1-3-15-39(16-4-1)41-29-31-43(32-30-41)55-37-48(38-56-54-34-33-42-19-7-8-24-49(42)59(54)61-60(55)56)45-21-14-23-47(36-45)58-52-27-11-9-25-50(52)57(51-26-10-12-28-53(51)58)46-22-13-20-44(35-46)40-17-5-2-6-18-40/h1-38H/i33D,34D. The second-order valence-corrected chi connectivity index (χ2v) is 15.8. The topological polar surface area (TPSA) is 13.1 Å². The summed E-state index contributed by atoms with van der Waals surface area (Å²) in [6.07, 6.45) is 0. The summed E-state index contributed by atoms with van der Waals surface area (Å²) in [6, 6.07) is 77.6. The third-order valence-electron chi connectivity index (χ3n) is 12.3. The minimum Gasteiger partial charge on any atom is -0.455 e. The molecule has 0 atom stereocenters. The van der Waals surface area contributed by atoms with Crippen molar-refractivity contribution in [2.45, 2.75) is 0 Å². The van der Waals surface area contributed by atoms with Crippen LogP contribution in [0.1, 0.15) is 2.74 Å². The van der Waals surface area contributed by atoms with Crippen molar-refractivity contribution < 1.29 is 7.16 Å². The molecule has 12 aromatic rings.